The van der Waals surface area contributed by atoms with Crippen LogP contribution in [0.15, 0.2) is 28.7 Å². The summed E-state index contributed by atoms with van der Waals surface area (Å²) in [4.78, 5) is 47.5. The van der Waals surface area contributed by atoms with Crippen molar-refractivity contribution in [2.24, 2.45) is 0 Å². The third-order valence-electron chi connectivity index (χ3n) is 3.51. The number of thioether (sulfide) groups is 1. The molecule has 0 unspecified atom stereocenters. The Kier molecular flexibility index (Phi) is 5.48. The molecular weight excluding hydrogens is 384 g/mol. The molecule has 26 heavy (non-hydrogen) atoms. The van der Waals surface area contributed by atoms with Crippen molar-refractivity contribution in [1.29, 1.82) is 0 Å². The summed E-state index contributed by atoms with van der Waals surface area (Å²) in [6, 6.07) is 6.37. The minimum atomic E-state index is -0.784. The number of esters is 1. The number of hydrogen-bond donors (Lipinski definition) is 1. The molecule has 2 heterocycles. The lowest BCUT2D eigenvalue weighted by Crippen LogP contribution is -2.38. The van der Waals surface area contributed by atoms with Crippen LogP contribution in [0.2, 0.25) is 5.02 Å². The third kappa shape index (κ3) is 4.17. The molecule has 3 amide bonds. The summed E-state index contributed by atoms with van der Waals surface area (Å²) < 4.78 is 10.2. The largest absolute Gasteiger partial charge is 0.450 e. The monoisotopic (exact) mass is 396 g/mol. The van der Waals surface area contributed by atoms with Gasteiger partial charge in [0.1, 0.15) is 5.58 Å². The van der Waals surface area contributed by atoms with E-state index in [0.29, 0.717) is 16.0 Å². The molecule has 8 nitrogen and oxygen atoms in total. The second-order valence-corrected chi connectivity index (χ2v) is 6.68. The summed E-state index contributed by atoms with van der Waals surface area (Å²) in [5, 5.41) is 3.29. The first kappa shape index (κ1) is 18.3. The van der Waals surface area contributed by atoms with Gasteiger partial charge in [-0.2, -0.15) is 0 Å². The van der Waals surface area contributed by atoms with Crippen LogP contribution in [0.25, 0.3) is 11.0 Å². The summed E-state index contributed by atoms with van der Waals surface area (Å²) in [5.41, 5.74) is 0.476. The predicted molar refractivity (Wildman–Crippen MR) is 94.1 cm³/mol. The maximum atomic E-state index is 11.9. The Labute approximate surface area is 156 Å². The highest BCUT2D eigenvalue weighted by molar-refractivity contribution is 8.14. The Morgan fingerprint density at radius 2 is 2.12 bits per heavy atom. The van der Waals surface area contributed by atoms with E-state index in [0.717, 1.165) is 16.7 Å². The number of nitrogens with one attached hydrogen (secondary N) is 1. The van der Waals surface area contributed by atoms with Crippen LogP contribution in [0.1, 0.15) is 10.6 Å². The molecule has 0 radical (unpaired) electrons. The molecule has 1 saturated heterocycles. The van der Waals surface area contributed by atoms with Crippen molar-refractivity contribution in [3.05, 3.63) is 35.0 Å². The van der Waals surface area contributed by atoms with E-state index in [1.54, 1.807) is 18.2 Å². The smallest absolute Gasteiger partial charge is 0.374 e. The summed E-state index contributed by atoms with van der Waals surface area (Å²) in [5.74, 6) is -1.54. The van der Waals surface area contributed by atoms with Crippen LogP contribution in [-0.2, 0) is 14.3 Å². The lowest BCUT2D eigenvalue weighted by Gasteiger charge is -2.12. The van der Waals surface area contributed by atoms with E-state index in [1.807, 2.05) is 0 Å². The van der Waals surface area contributed by atoms with E-state index in [9.17, 15) is 19.2 Å². The molecule has 1 aromatic carbocycles. The average Bonchev–Trinajstić information content (AvgIpc) is 3.17. The van der Waals surface area contributed by atoms with Crippen LogP contribution in [-0.4, -0.2) is 53.4 Å². The van der Waals surface area contributed by atoms with Gasteiger partial charge in [0.25, 0.3) is 11.1 Å². The molecule has 3 rings (SSSR count). The van der Waals surface area contributed by atoms with E-state index >= 15 is 0 Å². The minimum Gasteiger partial charge on any atom is -0.450 e. The molecule has 0 atom stereocenters. The van der Waals surface area contributed by atoms with Crippen molar-refractivity contribution in [3.8, 4) is 0 Å². The highest BCUT2D eigenvalue weighted by Crippen LogP contribution is 2.23. The second-order valence-electron chi connectivity index (χ2n) is 5.32. The van der Waals surface area contributed by atoms with Crippen LogP contribution in [0, 0.1) is 0 Å². The fraction of sp³-hybridized carbons (Fsp3) is 0.250. The number of imide groups is 1. The normalized spacial score (nSPS) is 14.1. The van der Waals surface area contributed by atoms with Gasteiger partial charge >= 0.3 is 5.97 Å². The van der Waals surface area contributed by atoms with E-state index < -0.39 is 18.5 Å². The summed E-state index contributed by atoms with van der Waals surface area (Å²) >= 11 is 6.79. The number of ether oxygens (including phenoxy) is 1. The molecule has 1 aliphatic rings. The third-order valence-corrected chi connectivity index (χ3v) is 4.61. The number of furan rings is 1. The van der Waals surface area contributed by atoms with Crippen molar-refractivity contribution in [2.45, 2.75) is 0 Å². The number of halogens is 1. The molecule has 1 fully saturated rings. The van der Waals surface area contributed by atoms with Gasteiger partial charge in [-0.05, 0) is 24.3 Å². The van der Waals surface area contributed by atoms with E-state index in [1.165, 1.54) is 6.07 Å². The maximum Gasteiger partial charge on any atom is 0.374 e. The minimum absolute atomic E-state index is 0.0413. The van der Waals surface area contributed by atoms with Crippen molar-refractivity contribution >= 4 is 57.4 Å². The number of fused-ring (bicyclic) bond motifs is 1. The van der Waals surface area contributed by atoms with E-state index in [2.05, 4.69) is 5.32 Å². The zero-order valence-electron chi connectivity index (χ0n) is 13.3. The van der Waals surface area contributed by atoms with Crippen LogP contribution >= 0.6 is 23.4 Å². The standard InChI is InChI=1S/C16H13ClN2O6S/c17-10-1-2-11-9(5-10)6-12(25-11)15(22)24-7-13(20)18-3-4-19-14(21)8-26-16(19)23/h1-2,5-6H,3-4,7-8H2,(H,18,20). The number of hydrogen-bond acceptors (Lipinski definition) is 7. The molecule has 0 spiro atoms. The van der Waals surface area contributed by atoms with Crippen LogP contribution in [0.4, 0.5) is 4.79 Å². The summed E-state index contributed by atoms with van der Waals surface area (Å²) in [7, 11) is 0. The van der Waals surface area contributed by atoms with Crippen molar-refractivity contribution < 1.29 is 28.3 Å². The number of rotatable bonds is 6. The van der Waals surface area contributed by atoms with Crippen molar-refractivity contribution in [2.75, 3.05) is 25.4 Å². The lowest BCUT2D eigenvalue weighted by molar-refractivity contribution is -0.126. The highest BCUT2D eigenvalue weighted by atomic mass is 35.5. The molecule has 2 aromatic rings. The molecule has 136 valence electrons. The highest BCUT2D eigenvalue weighted by Gasteiger charge is 2.29. The predicted octanol–water partition coefficient (Wildman–Crippen LogP) is 2.05. The fourth-order valence-electron chi connectivity index (χ4n) is 2.27. The van der Waals surface area contributed by atoms with Gasteiger partial charge in [-0.1, -0.05) is 23.4 Å². The summed E-state index contributed by atoms with van der Waals surface area (Å²) in [6.07, 6.45) is 0. The Morgan fingerprint density at radius 1 is 1.31 bits per heavy atom. The Morgan fingerprint density at radius 3 is 2.85 bits per heavy atom. The molecule has 1 aromatic heterocycles. The molecule has 0 bridgehead atoms. The number of carbonyl (C=O) groups is 4. The van der Waals surface area contributed by atoms with Gasteiger partial charge in [-0.25, -0.2) is 4.79 Å². The zero-order valence-corrected chi connectivity index (χ0v) is 14.9. The number of benzene rings is 1. The lowest BCUT2D eigenvalue weighted by atomic mass is 10.2. The van der Waals surface area contributed by atoms with Gasteiger partial charge < -0.3 is 14.5 Å². The summed E-state index contributed by atoms with van der Waals surface area (Å²) in [6.45, 7) is -0.348. The first-order valence-electron chi connectivity index (χ1n) is 7.54. The van der Waals surface area contributed by atoms with Gasteiger partial charge in [0.05, 0.1) is 5.75 Å². The zero-order chi connectivity index (χ0) is 18.7. The van der Waals surface area contributed by atoms with Crippen molar-refractivity contribution in [3.63, 3.8) is 0 Å². The fourth-order valence-corrected chi connectivity index (χ4v) is 3.20. The average molecular weight is 397 g/mol. The Balaban J connectivity index is 1.45. The number of nitrogens with zero attached hydrogens (tertiary/aromatic N) is 1. The first-order valence-corrected chi connectivity index (χ1v) is 8.90. The SMILES string of the molecule is O=C(COC(=O)c1cc2cc(Cl)ccc2o1)NCCN1C(=O)CSC1=O. The molecule has 10 heteroatoms. The topological polar surface area (TPSA) is 106 Å². The van der Waals surface area contributed by atoms with E-state index in [4.69, 9.17) is 20.8 Å². The Bertz CT molecular complexity index is 880. The molecular formula is C16H13ClN2O6S. The first-order chi connectivity index (χ1) is 12.4. The van der Waals surface area contributed by atoms with Gasteiger partial charge in [-0.3, -0.25) is 19.3 Å². The number of amides is 3. The molecule has 1 aliphatic heterocycles. The quantitative estimate of drug-likeness (QED) is 0.745. The van der Waals surface area contributed by atoms with Gasteiger partial charge in [0.15, 0.2) is 6.61 Å². The Hall–Kier alpha value is -2.52. The van der Waals surface area contributed by atoms with Gasteiger partial charge in [-0.15, -0.1) is 0 Å². The molecule has 1 N–H and O–H groups in total. The van der Waals surface area contributed by atoms with Crippen LogP contribution < -0.4 is 5.32 Å². The molecule has 0 aliphatic carbocycles. The van der Waals surface area contributed by atoms with Gasteiger partial charge in [0.2, 0.25) is 11.7 Å². The maximum absolute atomic E-state index is 11.9. The van der Waals surface area contributed by atoms with Crippen LogP contribution in [0.3, 0.4) is 0 Å². The molecule has 0 saturated carbocycles. The number of carbonyl (C=O) groups excluding carboxylic acids is 4. The van der Waals surface area contributed by atoms with E-state index in [-0.39, 0.29) is 35.7 Å². The van der Waals surface area contributed by atoms with Crippen molar-refractivity contribution in [1.82, 2.24) is 10.2 Å². The second kappa shape index (κ2) is 7.79. The van der Waals surface area contributed by atoms with Crippen LogP contribution in [0.5, 0.6) is 0 Å². The van der Waals surface area contributed by atoms with Gasteiger partial charge in [0, 0.05) is 23.5 Å².